The van der Waals surface area contributed by atoms with Gasteiger partial charge in [0.1, 0.15) is 36.6 Å². The van der Waals surface area contributed by atoms with E-state index in [1.807, 2.05) is 0 Å². The molecule has 2 N–H and O–H groups in total. The van der Waals surface area contributed by atoms with Crippen molar-refractivity contribution < 1.29 is 81.9 Å². The average molecular weight is 891 g/mol. The molecule has 338 valence electrons. The zero-order valence-corrected chi connectivity index (χ0v) is 34.4. The molecule has 4 aromatic rings. The number of esters is 5. The van der Waals surface area contributed by atoms with E-state index >= 15 is 0 Å². The molecule has 21 heteroatoms. The Morgan fingerprint density at radius 1 is 0.547 bits per heavy atom. The van der Waals surface area contributed by atoms with Gasteiger partial charge in [0.2, 0.25) is 12.4 Å². The van der Waals surface area contributed by atoms with Gasteiger partial charge in [0.25, 0.3) is 11.4 Å². The second-order valence-electron chi connectivity index (χ2n) is 14.1. The highest BCUT2D eigenvalue weighted by Crippen LogP contribution is 2.33. The highest BCUT2D eigenvalue weighted by molar-refractivity contribution is 5.91. The zero-order chi connectivity index (χ0) is 46.7. The highest BCUT2D eigenvalue weighted by Gasteiger charge is 2.54. The van der Waals surface area contributed by atoms with Crippen LogP contribution < -0.4 is 0 Å². The van der Waals surface area contributed by atoms with E-state index in [0.29, 0.717) is 0 Å². The first-order valence-electron chi connectivity index (χ1n) is 19.3. The Kier molecular flexibility index (Phi) is 16.3. The topological polar surface area (TPSA) is 286 Å². The fourth-order valence-electron chi connectivity index (χ4n) is 6.38. The summed E-state index contributed by atoms with van der Waals surface area (Å²) in [6.07, 6.45) is -12.0. The molecule has 6 rings (SSSR count). The molecule has 2 heterocycles. The molecule has 0 saturated carbocycles. The van der Waals surface area contributed by atoms with Crippen LogP contribution in [0.4, 0.5) is 11.4 Å². The van der Waals surface area contributed by atoms with Crippen molar-refractivity contribution in [2.75, 3.05) is 7.11 Å². The Morgan fingerprint density at radius 2 is 0.938 bits per heavy atom. The quantitative estimate of drug-likeness (QED) is 0.0779. The molecule has 0 radical (unpaired) electrons. The molecular weight excluding hydrogens is 848 g/mol. The molecular formula is C43H42N2O19. The van der Waals surface area contributed by atoms with Crippen LogP contribution in [0.15, 0.2) is 109 Å². The van der Waals surface area contributed by atoms with Crippen LogP contribution in [0.25, 0.3) is 0 Å². The van der Waals surface area contributed by atoms with Crippen molar-refractivity contribution in [2.24, 2.45) is 0 Å². The number of non-ortho nitro benzene ring substituents is 2. The monoisotopic (exact) mass is 890 g/mol. The number of methoxy groups -OCH3 is 1. The van der Waals surface area contributed by atoms with Gasteiger partial charge in [-0.2, -0.15) is 0 Å². The Labute approximate surface area is 363 Å². The molecule has 2 aliphatic heterocycles. The minimum atomic E-state index is -1.50. The van der Waals surface area contributed by atoms with Crippen LogP contribution in [-0.4, -0.2) is 118 Å². The summed E-state index contributed by atoms with van der Waals surface area (Å²) >= 11 is 0. The summed E-state index contributed by atoms with van der Waals surface area (Å²) in [6, 6.07) is 25.6. The summed E-state index contributed by atoms with van der Waals surface area (Å²) in [5.41, 5.74) is 0.152. The number of ether oxygens (including phenoxy) is 8. The molecule has 10 atom stereocenters. The summed E-state index contributed by atoms with van der Waals surface area (Å²) in [5, 5.41) is 41.1. The predicted molar refractivity (Wildman–Crippen MR) is 215 cm³/mol. The smallest absolute Gasteiger partial charge is 0.338 e. The van der Waals surface area contributed by atoms with Gasteiger partial charge < -0.3 is 48.1 Å². The molecule has 0 spiro atoms. The van der Waals surface area contributed by atoms with Gasteiger partial charge in [-0.05, 0) is 62.4 Å². The third kappa shape index (κ3) is 12.0. The lowest BCUT2D eigenvalue weighted by molar-refractivity contribution is -0.385. The number of aliphatic hydroxyl groups excluding tert-OH is 2. The molecule has 0 amide bonds. The normalized spacial score (nSPS) is 23.2. The standard InChI is InChI=1S/C29H25NO11.C14H17NO8/c1-17(37-26(32)21-13-15-22(16-14-21)30(35)36)23-24(39-27(33)19-9-5-3-6-10-19)25(29(41-23)38-18(2)31)40-28(34)20-11-7-4-8-12-20;1-7(12-10(16)11(17)14(21-2)23-12)22-13(18)8-3-5-9(6-4-8)15(19)20/h3-17,23-25,29H,1-2H3;3-7,10-12,14,16-17H,1-2H3/t17?,23-,24-,25?,29?;7?,10-,11+,12+,14?/m10/s1. The molecule has 21 nitrogen and oxygen atoms in total. The second-order valence-corrected chi connectivity index (χ2v) is 14.1. The summed E-state index contributed by atoms with van der Waals surface area (Å²) in [6.45, 7) is 4.07. The van der Waals surface area contributed by atoms with E-state index in [1.165, 1.54) is 81.6 Å². The Morgan fingerprint density at radius 3 is 1.33 bits per heavy atom. The van der Waals surface area contributed by atoms with Gasteiger partial charge in [-0.15, -0.1) is 0 Å². The minimum Gasteiger partial charge on any atom is -0.456 e. The molecule has 0 bridgehead atoms. The lowest BCUT2D eigenvalue weighted by atomic mass is 10.1. The average Bonchev–Trinajstić information content (AvgIpc) is 3.77. The van der Waals surface area contributed by atoms with E-state index in [0.717, 1.165) is 19.1 Å². The van der Waals surface area contributed by atoms with Crippen LogP contribution in [-0.2, 0) is 42.7 Å². The van der Waals surface area contributed by atoms with Gasteiger partial charge in [-0.1, -0.05) is 36.4 Å². The van der Waals surface area contributed by atoms with Crippen LogP contribution >= 0.6 is 0 Å². The SMILES string of the molecule is CC(=O)OC1O[C@H](C(C)OC(=O)c2ccc([N+](=O)[O-])cc2)[C@@H](OC(=O)c2ccccc2)C1OC(=O)c1ccccc1.COC1O[C@H](C(C)OC(=O)c2ccc([N+](=O)[O-])cc2)[C@@H](O)[C@H]1O. The summed E-state index contributed by atoms with van der Waals surface area (Å²) in [5.74, 6) is -3.92. The number of rotatable bonds is 14. The fourth-order valence-corrected chi connectivity index (χ4v) is 6.38. The molecule has 0 aromatic heterocycles. The van der Waals surface area contributed by atoms with Gasteiger partial charge >= 0.3 is 29.8 Å². The lowest BCUT2D eigenvalue weighted by Gasteiger charge is -2.26. The lowest BCUT2D eigenvalue weighted by Crippen LogP contribution is -2.45. The van der Waals surface area contributed by atoms with Crippen molar-refractivity contribution in [3.05, 3.63) is 152 Å². The van der Waals surface area contributed by atoms with Gasteiger partial charge in [0.05, 0.1) is 32.1 Å². The van der Waals surface area contributed by atoms with Crippen LogP contribution in [0.2, 0.25) is 0 Å². The van der Waals surface area contributed by atoms with Crippen molar-refractivity contribution in [1.82, 2.24) is 0 Å². The zero-order valence-electron chi connectivity index (χ0n) is 34.4. The Bertz CT molecular complexity index is 2280. The van der Waals surface area contributed by atoms with Crippen molar-refractivity contribution in [3.8, 4) is 0 Å². The number of benzene rings is 4. The largest absolute Gasteiger partial charge is 0.456 e. The van der Waals surface area contributed by atoms with Gasteiger partial charge in [0.15, 0.2) is 12.4 Å². The van der Waals surface area contributed by atoms with Gasteiger partial charge in [-0.25, -0.2) is 19.2 Å². The van der Waals surface area contributed by atoms with Crippen molar-refractivity contribution in [1.29, 1.82) is 0 Å². The van der Waals surface area contributed by atoms with Crippen LogP contribution in [0, 0.1) is 20.2 Å². The number of carbonyl (C=O) groups is 5. The Hall–Kier alpha value is -7.17. The third-order valence-electron chi connectivity index (χ3n) is 9.62. The number of nitrogens with zero attached hydrogens (tertiary/aromatic N) is 2. The van der Waals surface area contributed by atoms with E-state index in [4.69, 9.17) is 37.9 Å². The number of hydrogen-bond acceptors (Lipinski definition) is 19. The molecule has 64 heavy (non-hydrogen) atoms. The maximum Gasteiger partial charge on any atom is 0.338 e. The van der Waals surface area contributed by atoms with E-state index in [-0.39, 0.29) is 33.6 Å². The Balaban J connectivity index is 0.000000283. The second kappa shape index (κ2) is 21.8. The third-order valence-corrected chi connectivity index (χ3v) is 9.62. The van der Waals surface area contributed by atoms with Crippen LogP contribution in [0.1, 0.15) is 62.2 Å². The first-order chi connectivity index (χ1) is 30.5. The maximum absolute atomic E-state index is 13.0. The molecule has 5 unspecified atom stereocenters. The maximum atomic E-state index is 13.0. The van der Waals surface area contributed by atoms with Crippen LogP contribution in [0.3, 0.4) is 0 Å². The van der Waals surface area contributed by atoms with Crippen molar-refractivity contribution in [3.63, 3.8) is 0 Å². The molecule has 2 fully saturated rings. The highest BCUT2D eigenvalue weighted by atomic mass is 16.8. The van der Waals surface area contributed by atoms with E-state index in [9.17, 15) is 54.4 Å². The predicted octanol–water partition coefficient (Wildman–Crippen LogP) is 4.11. The summed E-state index contributed by atoms with van der Waals surface area (Å²) in [7, 11) is 1.32. The van der Waals surface area contributed by atoms with E-state index < -0.39 is 101 Å². The van der Waals surface area contributed by atoms with Gasteiger partial charge in [0, 0.05) is 38.3 Å². The van der Waals surface area contributed by atoms with E-state index in [2.05, 4.69) is 0 Å². The molecule has 2 saturated heterocycles. The number of aliphatic hydroxyl groups is 2. The summed E-state index contributed by atoms with van der Waals surface area (Å²) < 4.78 is 43.3. The number of hydrogen-bond donors (Lipinski definition) is 2. The molecule has 4 aromatic carbocycles. The minimum absolute atomic E-state index is 0.0156. The van der Waals surface area contributed by atoms with Crippen molar-refractivity contribution in [2.45, 2.75) is 82.2 Å². The molecule has 0 aliphatic carbocycles. The first kappa shape index (κ1) is 47.9. The number of nitro benzene ring substituents is 2. The number of nitro groups is 2. The fraction of sp³-hybridized carbons (Fsp3) is 0.326. The number of carbonyl (C=O) groups excluding carboxylic acids is 5. The van der Waals surface area contributed by atoms with Gasteiger partial charge in [-0.3, -0.25) is 25.0 Å². The first-order valence-corrected chi connectivity index (χ1v) is 19.3. The van der Waals surface area contributed by atoms with Crippen molar-refractivity contribution >= 4 is 41.2 Å². The van der Waals surface area contributed by atoms with Crippen LogP contribution in [0.5, 0.6) is 0 Å². The van der Waals surface area contributed by atoms with E-state index in [1.54, 1.807) is 36.4 Å². The summed E-state index contributed by atoms with van der Waals surface area (Å²) in [4.78, 5) is 83.0. The molecule has 2 aliphatic rings.